The van der Waals surface area contributed by atoms with Gasteiger partial charge in [0.15, 0.2) is 0 Å². The Balaban J connectivity index is 1.26. The number of para-hydroxylation sites is 1. The van der Waals surface area contributed by atoms with Crippen LogP contribution in [0.15, 0.2) is 30.3 Å². The molecule has 4 rings (SSSR count). The maximum Gasteiger partial charge on any atom is 0.243 e. The normalized spacial score (nSPS) is 18.0. The summed E-state index contributed by atoms with van der Waals surface area (Å²) in [6, 6.07) is 10.4. The number of piperidine rings is 1. The van der Waals surface area contributed by atoms with E-state index >= 15 is 0 Å². The molecule has 0 saturated carbocycles. The number of amides is 2. The Morgan fingerprint density at radius 3 is 2.34 bits per heavy atom. The molecule has 29 heavy (non-hydrogen) atoms. The topological polar surface area (TPSA) is 81.7 Å². The fourth-order valence-corrected chi connectivity index (χ4v) is 4.63. The molecule has 2 amide bonds. The molecule has 0 unspecified atom stereocenters. The lowest BCUT2D eigenvalue weighted by Gasteiger charge is -2.39. The number of aromatic nitrogens is 2. The monoisotopic (exact) mass is 414 g/mol. The lowest BCUT2D eigenvalue weighted by atomic mass is 9.95. The zero-order chi connectivity index (χ0) is 20.2. The van der Waals surface area contributed by atoms with Gasteiger partial charge in [-0.15, -0.1) is 0 Å². The maximum atomic E-state index is 13.0. The Morgan fingerprint density at radius 2 is 1.69 bits per heavy atom. The number of piperazine rings is 1. The highest BCUT2D eigenvalue weighted by Gasteiger charge is 2.31. The Hall–Kier alpha value is -2.68. The summed E-state index contributed by atoms with van der Waals surface area (Å²) in [7, 11) is 0. The van der Waals surface area contributed by atoms with Crippen molar-refractivity contribution in [3.63, 3.8) is 0 Å². The SMILES string of the molecule is CC(=O)Nc1nsc(N2CCC(C(=O)N3CCN(c4ccccc4)CC3)CC2)n1. The van der Waals surface area contributed by atoms with E-state index in [1.165, 1.54) is 24.1 Å². The molecule has 154 valence electrons. The molecule has 1 N–H and O–H groups in total. The van der Waals surface area contributed by atoms with E-state index in [4.69, 9.17) is 0 Å². The van der Waals surface area contributed by atoms with E-state index in [0.717, 1.165) is 57.2 Å². The zero-order valence-corrected chi connectivity index (χ0v) is 17.4. The second-order valence-corrected chi connectivity index (χ2v) is 8.22. The number of anilines is 3. The van der Waals surface area contributed by atoms with Gasteiger partial charge in [0.1, 0.15) is 0 Å². The van der Waals surface area contributed by atoms with E-state index in [9.17, 15) is 9.59 Å². The van der Waals surface area contributed by atoms with Crippen LogP contribution in [0.4, 0.5) is 16.8 Å². The average molecular weight is 415 g/mol. The number of hydrogen-bond acceptors (Lipinski definition) is 7. The van der Waals surface area contributed by atoms with Gasteiger partial charge in [0.25, 0.3) is 0 Å². The number of carbonyl (C=O) groups excluding carboxylic acids is 2. The molecule has 0 bridgehead atoms. The van der Waals surface area contributed by atoms with Crippen molar-refractivity contribution in [3.05, 3.63) is 30.3 Å². The molecule has 1 aromatic heterocycles. The summed E-state index contributed by atoms with van der Waals surface area (Å²) in [5.74, 6) is 0.545. The summed E-state index contributed by atoms with van der Waals surface area (Å²) in [4.78, 5) is 35.0. The van der Waals surface area contributed by atoms with Crippen molar-refractivity contribution in [1.29, 1.82) is 0 Å². The number of nitrogens with zero attached hydrogens (tertiary/aromatic N) is 5. The van der Waals surface area contributed by atoms with Crippen LogP contribution in [0.5, 0.6) is 0 Å². The third-order valence-corrected chi connectivity index (χ3v) is 6.31. The van der Waals surface area contributed by atoms with E-state index in [2.05, 4.69) is 48.7 Å². The van der Waals surface area contributed by atoms with Gasteiger partial charge in [-0.2, -0.15) is 9.36 Å². The van der Waals surface area contributed by atoms with Crippen LogP contribution in [0.25, 0.3) is 0 Å². The van der Waals surface area contributed by atoms with E-state index in [-0.39, 0.29) is 17.7 Å². The van der Waals surface area contributed by atoms with E-state index in [0.29, 0.717) is 5.95 Å². The van der Waals surface area contributed by atoms with Gasteiger partial charge >= 0.3 is 0 Å². The summed E-state index contributed by atoms with van der Waals surface area (Å²) in [5, 5.41) is 3.41. The van der Waals surface area contributed by atoms with Gasteiger partial charge in [-0.05, 0) is 25.0 Å². The quantitative estimate of drug-likeness (QED) is 0.825. The summed E-state index contributed by atoms with van der Waals surface area (Å²) in [6.07, 6.45) is 1.65. The number of hydrogen-bond donors (Lipinski definition) is 1. The van der Waals surface area contributed by atoms with E-state index in [1.807, 2.05) is 11.0 Å². The molecule has 8 nitrogen and oxygen atoms in total. The van der Waals surface area contributed by atoms with Crippen molar-refractivity contribution < 1.29 is 9.59 Å². The van der Waals surface area contributed by atoms with Crippen LogP contribution in [0.3, 0.4) is 0 Å². The molecule has 0 atom stereocenters. The lowest BCUT2D eigenvalue weighted by molar-refractivity contribution is -0.136. The highest BCUT2D eigenvalue weighted by atomic mass is 32.1. The third kappa shape index (κ3) is 4.67. The molecule has 0 radical (unpaired) electrons. The van der Waals surface area contributed by atoms with E-state index in [1.54, 1.807) is 0 Å². The summed E-state index contributed by atoms with van der Waals surface area (Å²) in [5.41, 5.74) is 1.23. The number of rotatable bonds is 4. The highest BCUT2D eigenvalue weighted by Crippen LogP contribution is 2.27. The standard InChI is InChI=1S/C20H26N6O2S/c1-15(27)21-19-22-20(29-23-19)26-9-7-16(8-10-26)18(28)25-13-11-24(12-14-25)17-5-3-2-4-6-17/h2-6,16H,7-14H2,1H3,(H,21,23,27). The summed E-state index contributed by atoms with van der Waals surface area (Å²) < 4.78 is 4.17. The summed E-state index contributed by atoms with van der Waals surface area (Å²) >= 11 is 1.28. The van der Waals surface area contributed by atoms with Gasteiger partial charge in [-0.3, -0.25) is 14.9 Å². The molecule has 9 heteroatoms. The largest absolute Gasteiger partial charge is 0.368 e. The zero-order valence-electron chi connectivity index (χ0n) is 16.6. The fraction of sp³-hybridized carbons (Fsp3) is 0.500. The first-order valence-electron chi connectivity index (χ1n) is 10.0. The fourth-order valence-electron chi connectivity index (χ4n) is 3.95. The Bertz CT molecular complexity index is 842. The summed E-state index contributed by atoms with van der Waals surface area (Å²) in [6.45, 7) is 6.34. The van der Waals surface area contributed by atoms with Crippen LogP contribution in [0.1, 0.15) is 19.8 Å². The van der Waals surface area contributed by atoms with Crippen molar-refractivity contribution in [3.8, 4) is 0 Å². The minimum Gasteiger partial charge on any atom is -0.368 e. The third-order valence-electron chi connectivity index (χ3n) is 5.53. The molecule has 2 fully saturated rings. The van der Waals surface area contributed by atoms with Gasteiger partial charge in [0, 0.05) is 69.3 Å². The first kappa shape index (κ1) is 19.6. The second kappa shape index (κ2) is 8.77. The number of nitrogens with one attached hydrogen (secondary N) is 1. The van der Waals surface area contributed by atoms with E-state index < -0.39 is 0 Å². The van der Waals surface area contributed by atoms with Gasteiger partial charge < -0.3 is 14.7 Å². The minimum atomic E-state index is -0.175. The van der Waals surface area contributed by atoms with Crippen LogP contribution >= 0.6 is 11.5 Å². The molecule has 0 spiro atoms. The lowest BCUT2D eigenvalue weighted by Crippen LogP contribution is -2.51. The Kier molecular flexibility index (Phi) is 5.94. The minimum absolute atomic E-state index is 0.0808. The predicted molar refractivity (Wildman–Crippen MR) is 114 cm³/mol. The smallest absolute Gasteiger partial charge is 0.243 e. The predicted octanol–water partition coefficient (Wildman–Crippen LogP) is 2.06. The van der Waals surface area contributed by atoms with Crippen LogP contribution < -0.4 is 15.1 Å². The Labute approximate surface area is 174 Å². The first-order chi connectivity index (χ1) is 14.1. The molecule has 2 saturated heterocycles. The van der Waals surface area contributed by atoms with Crippen LogP contribution in [-0.2, 0) is 9.59 Å². The number of carbonyl (C=O) groups is 2. The first-order valence-corrected chi connectivity index (χ1v) is 10.8. The molecular weight excluding hydrogens is 388 g/mol. The van der Waals surface area contributed by atoms with Crippen molar-refractivity contribution in [2.45, 2.75) is 19.8 Å². The molecule has 2 aliphatic heterocycles. The Morgan fingerprint density at radius 1 is 1.00 bits per heavy atom. The van der Waals surface area contributed by atoms with Gasteiger partial charge in [0.05, 0.1) is 0 Å². The van der Waals surface area contributed by atoms with Crippen LogP contribution in [0.2, 0.25) is 0 Å². The van der Waals surface area contributed by atoms with Crippen molar-refractivity contribution in [2.75, 3.05) is 54.4 Å². The van der Waals surface area contributed by atoms with Crippen molar-refractivity contribution in [2.24, 2.45) is 5.92 Å². The molecule has 1 aromatic carbocycles. The maximum absolute atomic E-state index is 13.0. The average Bonchev–Trinajstić information content (AvgIpc) is 3.22. The van der Waals surface area contributed by atoms with Gasteiger partial charge in [-0.25, -0.2) is 0 Å². The molecule has 0 aliphatic carbocycles. The highest BCUT2D eigenvalue weighted by molar-refractivity contribution is 7.09. The van der Waals surface area contributed by atoms with Crippen LogP contribution in [0, 0.1) is 5.92 Å². The molecule has 3 heterocycles. The van der Waals surface area contributed by atoms with Crippen molar-refractivity contribution in [1.82, 2.24) is 14.3 Å². The molecular formula is C20H26N6O2S. The van der Waals surface area contributed by atoms with Crippen LogP contribution in [-0.4, -0.2) is 65.3 Å². The molecule has 2 aliphatic rings. The molecule has 2 aromatic rings. The van der Waals surface area contributed by atoms with Gasteiger partial charge in [-0.1, -0.05) is 18.2 Å². The van der Waals surface area contributed by atoms with Crippen molar-refractivity contribution >= 4 is 40.1 Å². The second-order valence-electron chi connectivity index (χ2n) is 7.49. The van der Waals surface area contributed by atoms with Gasteiger partial charge in [0.2, 0.25) is 22.9 Å². The number of benzene rings is 1.